The zero-order valence-electron chi connectivity index (χ0n) is 26.5. The lowest BCUT2D eigenvalue weighted by Gasteiger charge is -2.35. The van der Waals surface area contributed by atoms with Crippen LogP contribution in [-0.4, -0.2) is 104 Å². The Morgan fingerprint density at radius 3 is 2.58 bits per heavy atom. The number of benzene rings is 2. The van der Waals surface area contributed by atoms with Crippen molar-refractivity contribution in [2.45, 2.75) is 37.6 Å². The van der Waals surface area contributed by atoms with Gasteiger partial charge in [0.15, 0.2) is 9.34 Å². The van der Waals surface area contributed by atoms with Crippen molar-refractivity contribution < 1.29 is 17.9 Å². The molecule has 4 aromatic rings. The standard InChI is InChI=1S/C31H40N8O4S2/c1-20-10-11-23(16-24(20)18-37(4)5)25-8-7-9-26-27(25)32-19-33-28(26)34-21(2)17-38-12-14-39(15-13-38)45(41,42)29-22(3)35-30(44-29)36-31(40)43-6/h7-11,16,19,21H,12-15,17-18H2,1-6H3,(H,32,33,34)(H,35,36,40). The van der Waals surface area contributed by atoms with Gasteiger partial charge < -0.3 is 15.0 Å². The number of nitrogens with zero attached hydrogens (tertiary/aromatic N) is 6. The van der Waals surface area contributed by atoms with Crippen LogP contribution in [0.1, 0.15) is 23.7 Å². The highest BCUT2D eigenvalue weighted by Crippen LogP contribution is 2.32. The summed E-state index contributed by atoms with van der Waals surface area (Å²) in [6.07, 6.45) is 0.910. The Balaban J connectivity index is 1.24. The lowest BCUT2D eigenvalue weighted by atomic mass is 9.97. The van der Waals surface area contributed by atoms with Crippen LogP contribution >= 0.6 is 11.3 Å². The van der Waals surface area contributed by atoms with E-state index in [0.29, 0.717) is 31.9 Å². The van der Waals surface area contributed by atoms with E-state index in [4.69, 9.17) is 0 Å². The molecule has 1 amide bonds. The number of piperazine rings is 1. The maximum absolute atomic E-state index is 13.4. The molecule has 14 heteroatoms. The van der Waals surface area contributed by atoms with Crippen molar-refractivity contribution in [1.29, 1.82) is 0 Å². The molecule has 1 saturated heterocycles. The van der Waals surface area contributed by atoms with E-state index in [-0.39, 0.29) is 15.4 Å². The summed E-state index contributed by atoms with van der Waals surface area (Å²) >= 11 is 0.930. The highest BCUT2D eigenvalue weighted by molar-refractivity contribution is 7.91. The monoisotopic (exact) mass is 652 g/mol. The number of thiazole rings is 1. The SMILES string of the molecule is COC(=O)Nc1nc(C)c(S(=O)(=O)N2CCN(CC(C)Nc3ncnc4c(-c5ccc(C)c(CN(C)C)c5)cccc34)CC2)s1. The van der Waals surface area contributed by atoms with Gasteiger partial charge in [-0.05, 0) is 63.7 Å². The molecule has 1 unspecified atom stereocenters. The van der Waals surface area contributed by atoms with Gasteiger partial charge in [-0.1, -0.05) is 35.6 Å². The molecule has 5 rings (SSSR count). The number of anilines is 2. The molecule has 45 heavy (non-hydrogen) atoms. The maximum atomic E-state index is 13.4. The van der Waals surface area contributed by atoms with Crippen molar-refractivity contribution in [1.82, 2.24) is 29.1 Å². The number of aromatic nitrogens is 3. The predicted molar refractivity (Wildman–Crippen MR) is 178 cm³/mol. The summed E-state index contributed by atoms with van der Waals surface area (Å²) < 4.78 is 33.0. The van der Waals surface area contributed by atoms with E-state index in [0.717, 1.165) is 52.3 Å². The first-order valence-electron chi connectivity index (χ1n) is 14.8. The molecule has 0 bridgehead atoms. The fraction of sp³-hybridized carbons (Fsp3) is 0.419. The Bertz CT molecular complexity index is 1790. The van der Waals surface area contributed by atoms with Crippen LogP contribution in [0.25, 0.3) is 22.0 Å². The summed E-state index contributed by atoms with van der Waals surface area (Å²) in [6, 6.07) is 12.8. The Kier molecular flexibility index (Phi) is 9.99. The number of nitrogens with one attached hydrogen (secondary N) is 2. The number of sulfonamides is 1. The molecule has 0 aliphatic carbocycles. The van der Waals surface area contributed by atoms with Crippen LogP contribution in [-0.2, 0) is 21.3 Å². The third-order valence-electron chi connectivity index (χ3n) is 7.78. The molecule has 0 radical (unpaired) electrons. The largest absolute Gasteiger partial charge is 0.453 e. The molecular weight excluding hydrogens is 613 g/mol. The second-order valence-electron chi connectivity index (χ2n) is 11.6. The molecule has 12 nitrogen and oxygen atoms in total. The molecule has 2 aromatic carbocycles. The highest BCUT2D eigenvalue weighted by atomic mass is 32.2. The van der Waals surface area contributed by atoms with Crippen molar-refractivity contribution in [2.24, 2.45) is 0 Å². The molecule has 1 atom stereocenters. The van der Waals surface area contributed by atoms with Crippen molar-refractivity contribution in [3.63, 3.8) is 0 Å². The molecule has 2 aromatic heterocycles. The molecule has 2 N–H and O–H groups in total. The zero-order chi connectivity index (χ0) is 32.3. The predicted octanol–water partition coefficient (Wildman–Crippen LogP) is 4.42. The first kappa shape index (κ1) is 32.7. The minimum atomic E-state index is -3.74. The molecule has 1 aliphatic heterocycles. The number of hydrogen-bond donors (Lipinski definition) is 2. The molecule has 1 fully saturated rings. The van der Waals surface area contributed by atoms with Gasteiger partial charge in [-0.15, -0.1) is 0 Å². The Hall–Kier alpha value is -3.69. The molecule has 3 heterocycles. The van der Waals surface area contributed by atoms with Crippen molar-refractivity contribution >= 4 is 49.3 Å². The van der Waals surface area contributed by atoms with Gasteiger partial charge in [-0.2, -0.15) is 4.31 Å². The van der Waals surface area contributed by atoms with Crippen LogP contribution < -0.4 is 10.6 Å². The number of methoxy groups -OCH3 is 1. The van der Waals surface area contributed by atoms with E-state index in [1.165, 1.54) is 22.5 Å². The number of hydrogen-bond acceptors (Lipinski definition) is 11. The Morgan fingerprint density at radius 2 is 1.87 bits per heavy atom. The Labute approximate surface area is 268 Å². The average Bonchev–Trinajstić information content (AvgIpc) is 3.38. The lowest BCUT2D eigenvalue weighted by molar-refractivity contribution is 0.184. The van der Waals surface area contributed by atoms with Crippen LogP contribution in [0.15, 0.2) is 46.9 Å². The molecule has 0 saturated carbocycles. The van der Waals surface area contributed by atoms with E-state index in [1.807, 2.05) is 12.1 Å². The summed E-state index contributed by atoms with van der Waals surface area (Å²) in [4.78, 5) is 29.4. The van der Waals surface area contributed by atoms with Gasteiger partial charge in [0, 0.05) is 56.3 Å². The number of aryl methyl sites for hydroxylation is 2. The third-order valence-corrected chi connectivity index (χ3v) is 11.3. The lowest BCUT2D eigenvalue weighted by Crippen LogP contribution is -2.50. The van der Waals surface area contributed by atoms with Crippen LogP contribution in [0.4, 0.5) is 15.7 Å². The van der Waals surface area contributed by atoms with Gasteiger partial charge in [0.2, 0.25) is 0 Å². The van der Waals surface area contributed by atoms with E-state index in [1.54, 1.807) is 13.3 Å². The van der Waals surface area contributed by atoms with Crippen LogP contribution in [0.3, 0.4) is 0 Å². The van der Waals surface area contributed by atoms with Crippen LogP contribution in [0.5, 0.6) is 0 Å². The van der Waals surface area contributed by atoms with Crippen LogP contribution in [0, 0.1) is 13.8 Å². The summed E-state index contributed by atoms with van der Waals surface area (Å²) in [5.74, 6) is 0.772. The first-order valence-corrected chi connectivity index (χ1v) is 17.0. The minimum Gasteiger partial charge on any atom is -0.453 e. The van der Waals surface area contributed by atoms with Gasteiger partial charge in [-0.3, -0.25) is 10.2 Å². The highest BCUT2D eigenvalue weighted by Gasteiger charge is 2.32. The molecule has 1 aliphatic rings. The second-order valence-corrected chi connectivity index (χ2v) is 14.7. The fourth-order valence-electron chi connectivity index (χ4n) is 5.54. The third kappa shape index (κ3) is 7.42. The molecular formula is C31H40N8O4S2. The van der Waals surface area contributed by atoms with Gasteiger partial charge in [0.05, 0.1) is 18.3 Å². The van der Waals surface area contributed by atoms with Gasteiger partial charge in [0.25, 0.3) is 10.0 Å². The van der Waals surface area contributed by atoms with Crippen molar-refractivity contribution in [3.8, 4) is 11.1 Å². The molecule has 0 spiro atoms. The number of carbonyl (C=O) groups excluding carboxylic acids is 1. The van der Waals surface area contributed by atoms with Gasteiger partial charge in [0.1, 0.15) is 12.1 Å². The van der Waals surface area contributed by atoms with E-state index in [9.17, 15) is 13.2 Å². The van der Waals surface area contributed by atoms with Crippen molar-refractivity contribution in [2.75, 3.05) is 64.6 Å². The first-order chi connectivity index (χ1) is 21.5. The number of amides is 1. The average molecular weight is 653 g/mol. The summed E-state index contributed by atoms with van der Waals surface area (Å²) in [6.45, 7) is 9.35. The summed E-state index contributed by atoms with van der Waals surface area (Å²) in [5.41, 5.74) is 5.97. The topological polar surface area (TPSA) is 133 Å². The minimum absolute atomic E-state index is 0.0525. The number of ether oxygens (including phenoxy) is 1. The fourth-order valence-corrected chi connectivity index (χ4v) is 8.49. The normalized spacial score (nSPS) is 15.4. The number of fused-ring (bicyclic) bond motifs is 1. The van der Waals surface area contributed by atoms with Gasteiger partial charge >= 0.3 is 6.09 Å². The van der Waals surface area contributed by atoms with E-state index in [2.05, 4.69) is 92.3 Å². The summed E-state index contributed by atoms with van der Waals surface area (Å²) in [5, 5.41) is 7.16. The van der Waals surface area contributed by atoms with E-state index >= 15 is 0 Å². The Morgan fingerprint density at radius 1 is 1.11 bits per heavy atom. The second kappa shape index (κ2) is 13.7. The maximum Gasteiger partial charge on any atom is 0.413 e. The number of para-hydroxylation sites is 1. The van der Waals surface area contributed by atoms with Gasteiger partial charge in [-0.25, -0.2) is 28.2 Å². The number of carbonyl (C=O) groups is 1. The van der Waals surface area contributed by atoms with Crippen LogP contribution in [0.2, 0.25) is 0 Å². The molecule has 240 valence electrons. The van der Waals surface area contributed by atoms with Crippen molar-refractivity contribution in [3.05, 3.63) is 59.5 Å². The smallest absolute Gasteiger partial charge is 0.413 e. The summed E-state index contributed by atoms with van der Waals surface area (Å²) in [7, 11) is 1.65. The van der Waals surface area contributed by atoms with E-state index < -0.39 is 16.1 Å². The number of rotatable bonds is 10. The zero-order valence-corrected chi connectivity index (χ0v) is 28.1. The quantitative estimate of drug-likeness (QED) is 0.254.